The molecule has 0 aliphatic carbocycles. The summed E-state index contributed by atoms with van der Waals surface area (Å²) in [6.45, 7) is 0. The van der Waals surface area contributed by atoms with Crippen LogP contribution in [0.4, 0.5) is 4.39 Å². The number of halogens is 1. The van der Waals surface area contributed by atoms with Crippen LogP contribution in [0.15, 0.2) is 24.3 Å². The van der Waals surface area contributed by atoms with E-state index in [1.165, 1.54) is 19.2 Å². The van der Waals surface area contributed by atoms with Crippen molar-refractivity contribution in [2.45, 2.75) is 11.3 Å². The van der Waals surface area contributed by atoms with E-state index in [2.05, 4.69) is 17.4 Å². The van der Waals surface area contributed by atoms with Crippen molar-refractivity contribution in [1.82, 2.24) is 0 Å². The van der Waals surface area contributed by atoms with Crippen LogP contribution in [0.5, 0.6) is 0 Å². The molecule has 0 amide bonds. The van der Waals surface area contributed by atoms with Crippen molar-refractivity contribution in [3.63, 3.8) is 0 Å². The number of esters is 1. The Morgan fingerprint density at radius 2 is 2.13 bits per heavy atom. The third-order valence-corrected chi connectivity index (χ3v) is 2.58. The van der Waals surface area contributed by atoms with Gasteiger partial charge in [0.1, 0.15) is 11.1 Å². The van der Waals surface area contributed by atoms with Crippen molar-refractivity contribution in [1.29, 1.82) is 0 Å². The van der Waals surface area contributed by atoms with E-state index in [-0.39, 0.29) is 5.56 Å². The summed E-state index contributed by atoms with van der Waals surface area (Å²) in [5, 5.41) is -0.869. The predicted octanol–water partition coefficient (Wildman–Crippen LogP) is 1.30. The van der Waals surface area contributed by atoms with E-state index < -0.39 is 23.1 Å². The number of ether oxygens (including phenoxy) is 1. The highest BCUT2D eigenvalue weighted by atomic mass is 32.1. The van der Waals surface area contributed by atoms with E-state index in [9.17, 15) is 9.18 Å². The fourth-order valence-corrected chi connectivity index (χ4v) is 1.45. The van der Waals surface area contributed by atoms with Crippen LogP contribution in [-0.4, -0.2) is 18.3 Å². The van der Waals surface area contributed by atoms with Gasteiger partial charge in [0, 0.05) is 5.56 Å². The van der Waals surface area contributed by atoms with E-state index in [0.717, 1.165) is 0 Å². The lowest BCUT2D eigenvalue weighted by atomic mass is 10.0. The van der Waals surface area contributed by atoms with Gasteiger partial charge in [-0.2, -0.15) is 12.6 Å². The summed E-state index contributed by atoms with van der Waals surface area (Å²) in [4.78, 5) is 11.1. The van der Waals surface area contributed by atoms with Crippen molar-refractivity contribution in [2.24, 2.45) is 5.73 Å². The highest BCUT2D eigenvalue weighted by molar-refractivity contribution is 7.81. The van der Waals surface area contributed by atoms with E-state index in [4.69, 9.17) is 5.73 Å². The summed E-state index contributed by atoms with van der Waals surface area (Å²) in [6.07, 6.45) is 0. The molecule has 0 heterocycles. The van der Waals surface area contributed by atoms with Crippen molar-refractivity contribution in [3.05, 3.63) is 35.6 Å². The van der Waals surface area contributed by atoms with Gasteiger partial charge < -0.3 is 10.5 Å². The normalized spacial score (nSPS) is 14.4. The minimum atomic E-state index is -0.869. The number of rotatable bonds is 3. The highest BCUT2D eigenvalue weighted by Crippen LogP contribution is 2.21. The standard InChI is InChI=1S/C10H12FNO2S/c1-14-10(13)9(15)8(12)6-4-2-3-5-7(6)11/h2-5,8-9,15H,12H2,1H3/t8-,9?/m0/s1. The van der Waals surface area contributed by atoms with Gasteiger partial charge in [-0.1, -0.05) is 18.2 Å². The van der Waals surface area contributed by atoms with Gasteiger partial charge in [0.2, 0.25) is 0 Å². The average molecular weight is 229 g/mol. The molecule has 0 fully saturated rings. The summed E-state index contributed by atoms with van der Waals surface area (Å²) in [7, 11) is 1.24. The van der Waals surface area contributed by atoms with Gasteiger partial charge in [0.15, 0.2) is 0 Å². The molecule has 2 N–H and O–H groups in total. The van der Waals surface area contributed by atoms with E-state index in [0.29, 0.717) is 0 Å². The Bertz CT molecular complexity index is 359. The van der Waals surface area contributed by atoms with Crippen molar-refractivity contribution < 1.29 is 13.9 Å². The lowest BCUT2D eigenvalue weighted by Crippen LogP contribution is -2.30. The van der Waals surface area contributed by atoms with Gasteiger partial charge in [-0.25, -0.2) is 4.39 Å². The molecule has 0 bridgehead atoms. The van der Waals surface area contributed by atoms with Crippen LogP contribution in [0.25, 0.3) is 0 Å². The Labute approximate surface area is 92.8 Å². The number of methoxy groups -OCH3 is 1. The summed E-state index contributed by atoms with van der Waals surface area (Å²) in [5.41, 5.74) is 5.95. The first kappa shape index (κ1) is 12.0. The number of carbonyl (C=O) groups excluding carboxylic acids is 1. The number of nitrogens with two attached hydrogens (primary N) is 1. The zero-order chi connectivity index (χ0) is 11.4. The molecule has 1 rings (SSSR count). The Balaban J connectivity index is 2.89. The topological polar surface area (TPSA) is 52.3 Å². The van der Waals surface area contributed by atoms with E-state index in [1.807, 2.05) is 0 Å². The SMILES string of the molecule is COC(=O)C(S)[C@@H](N)c1ccccc1F. The highest BCUT2D eigenvalue weighted by Gasteiger charge is 2.25. The zero-order valence-corrected chi connectivity index (χ0v) is 9.08. The van der Waals surface area contributed by atoms with Gasteiger partial charge in [0.25, 0.3) is 0 Å². The maximum atomic E-state index is 13.3. The van der Waals surface area contributed by atoms with Crippen LogP contribution in [0.1, 0.15) is 11.6 Å². The first-order chi connectivity index (χ1) is 7.07. The minimum absolute atomic E-state index is 0.253. The molecule has 0 aliphatic heterocycles. The molecule has 5 heteroatoms. The quantitative estimate of drug-likeness (QED) is 0.606. The van der Waals surface area contributed by atoms with E-state index in [1.54, 1.807) is 12.1 Å². The zero-order valence-electron chi connectivity index (χ0n) is 8.18. The fourth-order valence-electron chi connectivity index (χ4n) is 1.18. The fraction of sp³-hybridized carbons (Fsp3) is 0.300. The van der Waals surface area contributed by atoms with Crippen LogP contribution < -0.4 is 5.73 Å². The molecule has 0 saturated heterocycles. The first-order valence-electron chi connectivity index (χ1n) is 4.34. The molecule has 0 radical (unpaired) electrons. The number of hydrogen-bond donors (Lipinski definition) is 2. The van der Waals surface area contributed by atoms with Crippen LogP contribution in [-0.2, 0) is 9.53 Å². The van der Waals surface area contributed by atoms with Crippen LogP contribution in [0.2, 0.25) is 0 Å². The van der Waals surface area contributed by atoms with Gasteiger partial charge in [-0.15, -0.1) is 0 Å². The second kappa shape index (κ2) is 5.14. The molecule has 15 heavy (non-hydrogen) atoms. The molecule has 0 aliphatic rings. The Hall–Kier alpha value is -1.07. The maximum absolute atomic E-state index is 13.3. The van der Waals surface area contributed by atoms with Crippen molar-refractivity contribution in [2.75, 3.05) is 7.11 Å². The average Bonchev–Trinajstić information content (AvgIpc) is 2.26. The largest absolute Gasteiger partial charge is 0.468 e. The van der Waals surface area contributed by atoms with E-state index >= 15 is 0 Å². The number of carbonyl (C=O) groups is 1. The number of thiol groups is 1. The van der Waals surface area contributed by atoms with Gasteiger partial charge in [0.05, 0.1) is 13.2 Å². The molecule has 82 valence electrons. The molecule has 3 nitrogen and oxygen atoms in total. The van der Waals surface area contributed by atoms with Crippen LogP contribution in [0, 0.1) is 5.82 Å². The molecular weight excluding hydrogens is 217 g/mol. The van der Waals surface area contributed by atoms with Gasteiger partial charge in [-0.05, 0) is 6.07 Å². The third kappa shape index (κ3) is 2.70. The second-order valence-corrected chi connectivity index (χ2v) is 3.57. The Morgan fingerprint density at radius 3 is 2.67 bits per heavy atom. The second-order valence-electron chi connectivity index (χ2n) is 3.02. The lowest BCUT2D eigenvalue weighted by molar-refractivity contribution is -0.140. The summed E-state index contributed by atoms with van der Waals surface area (Å²) in [6, 6.07) is 5.19. The van der Waals surface area contributed by atoms with Gasteiger partial charge in [-0.3, -0.25) is 4.79 Å². The molecule has 1 unspecified atom stereocenters. The first-order valence-corrected chi connectivity index (χ1v) is 4.85. The molecule has 0 saturated carbocycles. The van der Waals surface area contributed by atoms with Crippen LogP contribution >= 0.6 is 12.6 Å². The molecule has 0 spiro atoms. The summed E-state index contributed by atoms with van der Waals surface area (Å²) < 4.78 is 17.8. The lowest BCUT2D eigenvalue weighted by Gasteiger charge is -2.17. The summed E-state index contributed by atoms with van der Waals surface area (Å²) in [5.74, 6) is -1.03. The van der Waals surface area contributed by atoms with Gasteiger partial charge >= 0.3 is 5.97 Å². The Kier molecular flexibility index (Phi) is 4.11. The maximum Gasteiger partial charge on any atom is 0.320 e. The molecule has 1 aromatic carbocycles. The number of benzene rings is 1. The number of hydrogen-bond acceptors (Lipinski definition) is 4. The molecule has 0 aromatic heterocycles. The minimum Gasteiger partial charge on any atom is -0.468 e. The van der Waals surface area contributed by atoms with Crippen molar-refractivity contribution in [3.8, 4) is 0 Å². The molecule has 1 aromatic rings. The third-order valence-electron chi connectivity index (χ3n) is 2.05. The summed E-state index contributed by atoms with van der Waals surface area (Å²) >= 11 is 3.99. The van der Waals surface area contributed by atoms with Crippen molar-refractivity contribution >= 4 is 18.6 Å². The molecule has 2 atom stereocenters. The predicted molar refractivity (Wildman–Crippen MR) is 58.1 cm³/mol. The van der Waals surface area contributed by atoms with Crippen LogP contribution in [0.3, 0.4) is 0 Å². The monoisotopic (exact) mass is 229 g/mol. The smallest absolute Gasteiger partial charge is 0.320 e. The molecular formula is C10H12FNO2S. The Morgan fingerprint density at radius 1 is 1.53 bits per heavy atom.